The van der Waals surface area contributed by atoms with Gasteiger partial charge < -0.3 is 5.32 Å². The second-order valence-corrected chi connectivity index (χ2v) is 6.45. The summed E-state index contributed by atoms with van der Waals surface area (Å²) in [6.07, 6.45) is 11.3. The molecule has 0 bridgehead atoms. The average molecular weight is 211 g/mol. The van der Waals surface area contributed by atoms with Crippen LogP contribution in [0.1, 0.15) is 39.0 Å². The first kappa shape index (κ1) is 10.6. The summed E-state index contributed by atoms with van der Waals surface area (Å²) in [6.45, 7) is 3.62. The minimum absolute atomic E-state index is 0.529. The highest BCUT2D eigenvalue weighted by atomic mass is 32.2. The van der Waals surface area contributed by atoms with Gasteiger partial charge >= 0.3 is 0 Å². The molecule has 0 aromatic rings. The Morgan fingerprint density at radius 2 is 2.43 bits per heavy atom. The predicted molar refractivity (Wildman–Crippen MR) is 64.9 cm³/mol. The minimum Gasteiger partial charge on any atom is -0.312 e. The predicted octanol–water partition coefficient (Wildman–Crippen LogP) is 2.97. The van der Waals surface area contributed by atoms with Crippen LogP contribution in [0.5, 0.6) is 0 Å². The molecule has 2 heteroatoms. The lowest BCUT2D eigenvalue weighted by Gasteiger charge is -2.27. The van der Waals surface area contributed by atoms with Crippen LogP contribution in [0.15, 0.2) is 12.2 Å². The normalized spacial score (nSPS) is 37.6. The molecule has 80 valence electrons. The SMILES string of the molecule is CC1(CNC2CC=CCC2)CCCS1. The van der Waals surface area contributed by atoms with Gasteiger partial charge in [0.25, 0.3) is 0 Å². The van der Waals surface area contributed by atoms with Crippen molar-refractivity contribution in [2.75, 3.05) is 12.3 Å². The van der Waals surface area contributed by atoms with Crippen LogP contribution in [-0.4, -0.2) is 23.1 Å². The maximum absolute atomic E-state index is 3.73. The molecule has 14 heavy (non-hydrogen) atoms. The van der Waals surface area contributed by atoms with Crippen molar-refractivity contribution in [2.24, 2.45) is 0 Å². The highest BCUT2D eigenvalue weighted by molar-refractivity contribution is 8.00. The summed E-state index contributed by atoms with van der Waals surface area (Å²) in [5.74, 6) is 1.36. The molecule has 0 amide bonds. The van der Waals surface area contributed by atoms with Crippen molar-refractivity contribution in [1.82, 2.24) is 5.32 Å². The van der Waals surface area contributed by atoms with E-state index in [1.165, 1.54) is 44.4 Å². The fraction of sp³-hybridized carbons (Fsp3) is 0.833. The summed E-state index contributed by atoms with van der Waals surface area (Å²) >= 11 is 2.15. The van der Waals surface area contributed by atoms with Crippen molar-refractivity contribution in [3.63, 3.8) is 0 Å². The molecule has 0 aromatic carbocycles. The summed E-state index contributed by atoms with van der Waals surface area (Å²) in [6, 6.07) is 0.748. The van der Waals surface area contributed by atoms with Gasteiger partial charge in [-0.3, -0.25) is 0 Å². The first-order valence-corrected chi connectivity index (χ1v) is 6.79. The summed E-state index contributed by atoms with van der Waals surface area (Å²) in [7, 11) is 0. The van der Waals surface area contributed by atoms with Crippen molar-refractivity contribution >= 4 is 11.8 Å². The van der Waals surface area contributed by atoms with Crippen LogP contribution in [0.3, 0.4) is 0 Å². The molecule has 1 nitrogen and oxygen atoms in total. The van der Waals surface area contributed by atoms with Gasteiger partial charge in [-0.1, -0.05) is 12.2 Å². The first-order chi connectivity index (χ1) is 6.79. The monoisotopic (exact) mass is 211 g/mol. The molecule has 1 aliphatic heterocycles. The van der Waals surface area contributed by atoms with E-state index in [1.807, 2.05) is 0 Å². The van der Waals surface area contributed by atoms with Gasteiger partial charge in [-0.25, -0.2) is 0 Å². The van der Waals surface area contributed by atoms with E-state index >= 15 is 0 Å². The smallest absolute Gasteiger partial charge is 0.0256 e. The van der Waals surface area contributed by atoms with Crippen LogP contribution < -0.4 is 5.32 Å². The Hall–Kier alpha value is 0.0500. The number of thioether (sulfide) groups is 1. The second-order valence-electron chi connectivity index (χ2n) is 4.76. The van der Waals surface area contributed by atoms with Crippen LogP contribution in [0.4, 0.5) is 0 Å². The van der Waals surface area contributed by atoms with Gasteiger partial charge in [-0.2, -0.15) is 11.8 Å². The molecular formula is C12H21NS. The molecule has 1 aliphatic carbocycles. The molecule has 0 saturated carbocycles. The molecule has 1 saturated heterocycles. The van der Waals surface area contributed by atoms with Crippen LogP contribution >= 0.6 is 11.8 Å². The number of rotatable bonds is 3. The van der Waals surface area contributed by atoms with E-state index < -0.39 is 0 Å². The Labute approximate surface area is 91.7 Å². The maximum atomic E-state index is 3.73. The molecule has 1 heterocycles. The third kappa shape index (κ3) is 2.77. The van der Waals surface area contributed by atoms with E-state index in [0.29, 0.717) is 4.75 Å². The van der Waals surface area contributed by atoms with E-state index in [0.717, 1.165) is 6.04 Å². The lowest BCUT2D eigenvalue weighted by Crippen LogP contribution is -2.39. The second kappa shape index (κ2) is 4.71. The van der Waals surface area contributed by atoms with Crippen LogP contribution in [0.2, 0.25) is 0 Å². The van der Waals surface area contributed by atoms with Gasteiger partial charge in [0.1, 0.15) is 0 Å². The largest absolute Gasteiger partial charge is 0.312 e. The maximum Gasteiger partial charge on any atom is 0.0256 e. The molecule has 1 N–H and O–H groups in total. The highest BCUT2D eigenvalue weighted by Gasteiger charge is 2.29. The zero-order chi connectivity index (χ0) is 9.86. The first-order valence-electron chi connectivity index (χ1n) is 5.81. The number of hydrogen-bond donors (Lipinski definition) is 1. The minimum atomic E-state index is 0.529. The van der Waals surface area contributed by atoms with E-state index in [2.05, 4.69) is 36.2 Å². The summed E-state index contributed by atoms with van der Waals surface area (Å²) in [5, 5.41) is 3.73. The van der Waals surface area contributed by atoms with Gasteiger partial charge in [-0.05, 0) is 44.8 Å². The molecule has 0 radical (unpaired) electrons. The van der Waals surface area contributed by atoms with Gasteiger partial charge in [0.05, 0.1) is 0 Å². The number of nitrogens with one attached hydrogen (secondary N) is 1. The Bertz CT molecular complexity index is 206. The molecule has 1 fully saturated rings. The number of hydrogen-bond acceptors (Lipinski definition) is 2. The average Bonchev–Trinajstić information content (AvgIpc) is 2.65. The van der Waals surface area contributed by atoms with Crippen LogP contribution in [0.25, 0.3) is 0 Å². The molecule has 2 atom stereocenters. The molecular weight excluding hydrogens is 190 g/mol. The van der Waals surface area contributed by atoms with Gasteiger partial charge in [-0.15, -0.1) is 0 Å². The Balaban J connectivity index is 1.73. The van der Waals surface area contributed by atoms with Crippen molar-refractivity contribution < 1.29 is 0 Å². The summed E-state index contributed by atoms with van der Waals surface area (Å²) in [4.78, 5) is 0. The quantitative estimate of drug-likeness (QED) is 0.720. The zero-order valence-electron chi connectivity index (χ0n) is 9.09. The standard InChI is InChI=1S/C12H21NS/c1-12(8-5-9-14-12)10-13-11-6-3-2-4-7-11/h2-3,11,13H,4-10H2,1H3. The topological polar surface area (TPSA) is 12.0 Å². The van der Waals surface area contributed by atoms with E-state index in [-0.39, 0.29) is 0 Å². The van der Waals surface area contributed by atoms with Crippen molar-refractivity contribution in [3.8, 4) is 0 Å². The fourth-order valence-corrected chi connectivity index (χ4v) is 3.57. The highest BCUT2D eigenvalue weighted by Crippen LogP contribution is 2.37. The molecule has 2 rings (SSSR count). The lowest BCUT2D eigenvalue weighted by atomic mass is 10.00. The van der Waals surface area contributed by atoms with Crippen LogP contribution in [-0.2, 0) is 0 Å². The van der Waals surface area contributed by atoms with Gasteiger partial charge in [0, 0.05) is 17.3 Å². The van der Waals surface area contributed by atoms with Crippen molar-refractivity contribution in [2.45, 2.75) is 49.8 Å². The Morgan fingerprint density at radius 1 is 1.50 bits per heavy atom. The van der Waals surface area contributed by atoms with Crippen molar-refractivity contribution in [3.05, 3.63) is 12.2 Å². The lowest BCUT2D eigenvalue weighted by molar-refractivity contribution is 0.436. The molecule has 0 spiro atoms. The van der Waals surface area contributed by atoms with Gasteiger partial charge in [0.15, 0.2) is 0 Å². The zero-order valence-corrected chi connectivity index (χ0v) is 9.91. The van der Waals surface area contributed by atoms with Gasteiger partial charge in [0.2, 0.25) is 0 Å². The van der Waals surface area contributed by atoms with E-state index in [1.54, 1.807) is 0 Å². The molecule has 2 aliphatic rings. The summed E-state index contributed by atoms with van der Waals surface area (Å²) in [5.41, 5.74) is 0. The summed E-state index contributed by atoms with van der Waals surface area (Å²) < 4.78 is 0.529. The number of allylic oxidation sites excluding steroid dienone is 1. The van der Waals surface area contributed by atoms with E-state index in [4.69, 9.17) is 0 Å². The van der Waals surface area contributed by atoms with E-state index in [9.17, 15) is 0 Å². The third-order valence-corrected chi connectivity index (χ3v) is 4.87. The molecule has 2 unspecified atom stereocenters. The molecule has 0 aromatic heterocycles. The fourth-order valence-electron chi connectivity index (χ4n) is 2.32. The van der Waals surface area contributed by atoms with Crippen LogP contribution in [0, 0.1) is 0 Å². The Morgan fingerprint density at radius 3 is 3.07 bits per heavy atom. The Kier molecular flexibility index (Phi) is 3.56. The van der Waals surface area contributed by atoms with Crippen molar-refractivity contribution in [1.29, 1.82) is 0 Å². The third-order valence-electron chi connectivity index (χ3n) is 3.33.